The summed E-state index contributed by atoms with van der Waals surface area (Å²) < 4.78 is 14.8. The number of halogens is 1. The van der Waals surface area contributed by atoms with Crippen molar-refractivity contribution in [2.45, 2.75) is 19.9 Å². The standard InChI is InChI=1S/C19H16FN5O2/c1-11-16(12(2)25(23-11)15-5-3-13(20)4-6-15)17-18(26)24(19(27)22-17)14-7-9-21-10-8-14/h3-10,17H,1-2H3,(H,22,27). The Morgan fingerprint density at radius 3 is 2.33 bits per heavy atom. The molecule has 3 amide bonds. The van der Waals surface area contributed by atoms with Gasteiger partial charge in [-0.25, -0.2) is 18.8 Å². The average molecular weight is 365 g/mol. The molecule has 1 aliphatic rings. The van der Waals surface area contributed by atoms with E-state index in [1.165, 1.54) is 24.5 Å². The Hall–Kier alpha value is -3.55. The molecule has 1 fully saturated rings. The summed E-state index contributed by atoms with van der Waals surface area (Å²) in [7, 11) is 0. The fourth-order valence-electron chi connectivity index (χ4n) is 3.32. The molecule has 8 heteroatoms. The molecule has 0 aliphatic carbocycles. The molecule has 3 aromatic rings. The average Bonchev–Trinajstić information content (AvgIpc) is 3.11. The van der Waals surface area contributed by atoms with Crippen molar-refractivity contribution in [1.82, 2.24) is 20.1 Å². The van der Waals surface area contributed by atoms with Gasteiger partial charge in [0.05, 0.1) is 17.1 Å². The third-order valence-electron chi connectivity index (χ3n) is 4.57. The maximum absolute atomic E-state index is 13.2. The maximum atomic E-state index is 13.2. The molecule has 27 heavy (non-hydrogen) atoms. The van der Waals surface area contributed by atoms with E-state index in [2.05, 4.69) is 15.4 Å². The fraction of sp³-hybridized carbons (Fsp3) is 0.158. The number of benzene rings is 1. The molecular weight excluding hydrogens is 349 g/mol. The topological polar surface area (TPSA) is 80.1 Å². The molecule has 3 heterocycles. The molecule has 0 radical (unpaired) electrons. The van der Waals surface area contributed by atoms with Crippen molar-refractivity contribution in [3.63, 3.8) is 0 Å². The highest BCUT2D eigenvalue weighted by Crippen LogP contribution is 2.31. The van der Waals surface area contributed by atoms with Crippen LogP contribution in [0.2, 0.25) is 0 Å². The predicted octanol–water partition coefficient (Wildman–Crippen LogP) is 2.82. The zero-order chi connectivity index (χ0) is 19.1. The van der Waals surface area contributed by atoms with Gasteiger partial charge in [-0.15, -0.1) is 0 Å². The van der Waals surface area contributed by atoms with Gasteiger partial charge in [0, 0.05) is 23.7 Å². The molecule has 1 aliphatic heterocycles. The molecule has 1 aromatic carbocycles. The van der Waals surface area contributed by atoms with Crippen molar-refractivity contribution in [2.24, 2.45) is 0 Å². The van der Waals surface area contributed by atoms with E-state index in [-0.39, 0.29) is 11.7 Å². The van der Waals surface area contributed by atoms with Crippen LogP contribution in [-0.4, -0.2) is 26.7 Å². The molecule has 7 nitrogen and oxygen atoms in total. The number of carbonyl (C=O) groups excluding carboxylic acids is 2. The highest BCUT2D eigenvalue weighted by molar-refractivity contribution is 6.21. The number of imide groups is 1. The summed E-state index contributed by atoms with van der Waals surface area (Å²) in [5.41, 5.74) is 3.08. The lowest BCUT2D eigenvalue weighted by molar-refractivity contribution is -0.118. The highest BCUT2D eigenvalue weighted by atomic mass is 19.1. The third kappa shape index (κ3) is 2.75. The minimum absolute atomic E-state index is 0.341. The Kier molecular flexibility index (Phi) is 3.95. The predicted molar refractivity (Wildman–Crippen MR) is 96.0 cm³/mol. The van der Waals surface area contributed by atoms with E-state index in [4.69, 9.17) is 0 Å². The normalized spacial score (nSPS) is 16.7. The number of nitrogens with zero attached hydrogens (tertiary/aromatic N) is 4. The zero-order valence-corrected chi connectivity index (χ0v) is 14.7. The van der Waals surface area contributed by atoms with E-state index >= 15 is 0 Å². The van der Waals surface area contributed by atoms with Crippen LogP contribution in [0.15, 0.2) is 48.8 Å². The number of pyridine rings is 1. The van der Waals surface area contributed by atoms with Crippen LogP contribution in [0.5, 0.6) is 0 Å². The molecular formula is C19H16FN5O2. The van der Waals surface area contributed by atoms with E-state index in [0.717, 1.165) is 4.90 Å². The third-order valence-corrected chi connectivity index (χ3v) is 4.57. The number of aromatic nitrogens is 3. The molecule has 0 spiro atoms. The molecule has 1 N–H and O–H groups in total. The van der Waals surface area contributed by atoms with Crippen LogP contribution in [0, 0.1) is 19.7 Å². The van der Waals surface area contributed by atoms with Gasteiger partial charge in [0.1, 0.15) is 11.9 Å². The van der Waals surface area contributed by atoms with Crippen LogP contribution in [0.25, 0.3) is 5.69 Å². The highest BCUT2D eigenvalue weighted by Gasteiger charge is 2.42. The maximum Gasteiger partial charge on any atom is 0.329 e. The molecule has 1 unspecified atom stereocenters. The number of rotatable bonds is 3. The SMILES string of the molecule is Cc1nn(-c2ccc(F)cc2)c(C)c1C1NC(=O)N(c2ccncc2)C1=O. The first-order chi connectivity index (χ1) is 13.0. The van der Waals surface area contributed by atoms with Crippen molar-refractivity contribution < 1.29 is 14.0 Å². The summed E-state index contributed by atoms with van der Waals surface area (Å²) in [6, 6.07) is 7.78. The largest absolute Gasteiger partial charge is 0.329 e. The van der Waals surface area contributed by atoms with Gasteiger partial charge >= 0.3 is 6.03 Å². The van der Waals surface area contributed by atoms with Crippen molar-refractivity contribution in [2.75, 3.05) is 4.90 Å². The van der Waals surface area contributed by atoms with Gasteiger partial charge in [-0.2, -0.15) is 5.10 Å². The minimum atomic E-state index is -0.833. The van der Waals surface area contributed by atoms with E-state index < -0.39 is 12.1 Å². The van der Waals surface area contributed by atoms with E-state index in [0.29, 0.717) is 28.3 Å². The van der Waals surface area contributed by atoms with E-state index in [1.54, 1.807) is 35.9 Å². The second-order valence-electron chi connectivity index (χ2n) is 6.23. The Balaban J connectivity index is 1.73. The first-order valence-corrected chi connectivity index (χ1v) is 8.34. The lowest BCUT2D eigenvalue weighted by Crippen LogP contribution is -2.30. The second kappa shape index (κ2) is 6.31. The van der Waals surface area contributed by atoms with E-state index in [9.17, 15) is 14.0 Å². The number of hydrogen-bond acceptors (Lipinski definition) is 4. The molecule has 1 atom stereocenters. The van der Waals surface area contributed by atoms with Gasteiger partial charge in [0.15, 0.2) is 0 Å². The lowest BCUT2D eigenvalue weighted by Gasteiger charge is -2.13. The van der Waals surface area contributed by atoms with E-state index in [1.807, 2.05) is 6.92 Å². The monoisotopic (exact) mass is 365 g/mol. The van der Waals surface area contributed by atoms with Crippen molar-refractivity contribution in [1.29, 1.82) is 0 Å². The van der Waals surface area contributed by atoms with Crippen molar-refractivity contribution in [3.05, 3.63) is 71.6 Å². The Bertz CT molecular complexity index is 1030. The summed E-state index contributed by atoms with van der Waals surface area (Å²) in [6.45, 7) is 3.59. The van der Waals surface area contributed by atoms with Gasteiger partial charge in [-0.05, 0) is 50.2 Å². The summed E-state index contributed by atoms with van der Waals surface area (Å²) in [4.78, 5) is 30.4. The molecule has 0 bridgehead atoms. The lowest BCUT2D eigenvalue weighted by atomic mass is 10.0. The molecule has 136 valence electrons. The van der Waals surface area contributed by atoms with Crippen LogP contribution < -0.4 is 10.2 Å². The zero-order valence-electron chi connectivity index (χ0n) is 14.7. The summed E-state index contributed by atoms with van der Waals surface area (Å²) in [6.07, 6.45) is 3.04. The van der Waals surface area contributed by atoms with Gasteiger partial charge in [-0.3, -0.25) is 9.78 Å². The number of amides is 3. The van der Waals surface area contributed by atoms with Gasteiger partial charge < -0.3 is 5.32 Å². The van der Waals surface area contributed by atoms with Crippen LogP contribution >= 0.6 is 0 Å². The quantitative estimate of drug-likeness (QED) is 0.724. The number of hydrogen-bond donors (Lipinski definition) is 1. The number of anilines is 1. The van der Waals surface area contributed by atoms with Crippen LogP contribution in [0.1, 0.15) is 23.0 Å². The first-order valence-electron chi connectivity index (χ1n) is 8.34. The molecule has 0 saturated carbocycles. The van der Waals surface area contributed by atoms with Gasteiger partial charge in [0.25, 0.3) is 5.91 Å². The van der Waals surface area contributed by atoms with Crippen LogP contribution in [0.3, 0.4) is 0 Å². The van der Waals surface area contributed by atoms with Gasteiger partial charge in [-0.1, -0.05) is 0 Å². The first kappa shape index (κ1) is 16.9. The molecule has 1 saturated heterocycles. The fourth-order valence-corrected chi connectivity index (χ4v) is 3.32. The number of aryl methyl sites for hydroxylation is 1. The smallest absolute Gasteiger partial charge is 0.321 e. The van der Waals surface area contributed by atoms with Crippen molar-refractivity contribution >= 4 is 17.6 Å². The van der Waals surface area contributed by atoms with Crippen LogP contribution in [0.4, 0.5) is 14.9 Å². The second-order valence-corrected chi connectivity index (χ2v) is 6.23. The number of nitrogens with one attached hydrogen (secondary N) is 1. The number of carbonyl (C=O) groups is 2. The Morgan fingerprint density at radius 1 is 1.00 bits per heavy atom. The summed E-state index contributed by atoms with van der Waals surface area (Å²) >= 11 is 0. The summed E-state index contributed by atoms with van der Waals surface area (Å²) in [5, 5.41) is 7.20. The van der Waals surface area contributed by atoms with Crippen LogP contribution in [-0.2, 0) is 4.79 Å². The Morgan fingerprint density at radius 2 is 1.67 bits per heavy atom. The van der Waals surface area contributed by atoms with Crippen molar-refractivity contribution in [3.8, 4) is 5.69 Å². The minimum Gasteiger partial charge on any atom is -0.321 e. The molecule has 4 rings (SSSR count). The van der Waals surface area contributed by atoms with Gasteiger partial charge in [0.2, 0.25) is 0 Å². The Labute approximate surface area is 154 Å². The molecule has 2 aromatic heterocycles. The summed E-state index contributed by atoms with van der Waals surface area (Å²) in [5.74, 6) is -0.720. The number of urea groups is 1.